The van der Waals surface area contributed by atoms with Gasteiger partial charge in [0.15, 0.2) is 5.78 Å². The van der Waals surface area contributed by atoms with E-state index < -0.39 is 0 Å². The molecule has 1 heteroatoms. The molecule has 0 amide bonds. The molecule has 0 saturated heterocycles. The Labute approximate surface area is 153 Å². The molecule has 0 saturated carbocycles. The van der Waals surface area contributed by atoms with Gasteiger partial charge in [-0.1, -0.05) is 102 Å². The minimum Gasteiger partial charge on any atom is -0.289 e. The summed E-state index contributed by atoms with van der Waals surface area (Å²) >= 11 is 0. The minimum atomic E-state index is 0.0983. The van der Waals surface area contributed by atoms with Crippen LogP contribution in [0.25, 0.3) is 0 Å². The number of rotatable bonds is 8. The van der Waals surface area contributed by atoms with Gasteiger partial charge in [0.1, 0.15) is 0 Å². The summed E-state index contributed by atoms with van der Waals surface area (Å²) in [6.07, 6.45) is 3.55. The summed E-state index contributed by atoms with van der Waals surface area (Å²) in [5.41, 5.74) is 3.22. The van der Waals surface area contributed by atoms with Gasteiger partial charge < -0.3 is 0 Å². The molecule has 2 aromatic carbocycles. The summed E-state index contributed by atoms with van der Waals surface area (Å²) in [4.78, 5) is 12.6. The first-order chi connectivity index (χ1) is 11.9. The normalized spacial score (nSPS) is 14.1. The Morgan fingerprint density at radius 2 is 1.48 bits per heavy atom. The van der Waals surface area contributed by atoms with Crippen LogP contribution in [0, 0.1) is 11.3 Å². The van der Waals surface area contributed by atoms with Gasteiger partial charge in [0.05, 0.1) is 0 Å². The third kappa shape index (κ3) is 5.04. The molecule has 25 heavy (non-hydrogen) atoms. The van der Waals surface area contributed by atoms with Gasteiger partial charge in [0.25, 0.3) is 0 Å². The lowest BCUT2D eigenvalue weighted by Gasteiger charge is -2.32. The van der Waals surface area contributed by atoms with E-state index in [1.165, 1.54) is 24.8 Å². The van der Waals surface area contributed by atoms with Crippen molar-refractivity contribution in [3.63, 3.8) is 0 Å². The molecule has 0 radical (unpaired) electrons. The zero-order valence-corrected chi connectivity index (χ0v) is 16.4. The molecule has 0 aliphatic rings. The maximum atomic E-state index is 12.6. The molecule has 0 aliphatic carbocycles. The smallest absolute Gasteiger partial charge is 0.193 e. The number of carbonyl (C=O) groups excluding carboxylic acids is 1. The Balaban J connectivity index is 2.24. The summed E-state index contributed by atoms with van der Waals surface area (Å²) in [5, 5.41) is 0. The highest BCUT2D eigenvalue weighted by atomic mass is 16.1. The molecule has 0 N–H and O–H groups in total. The highest BCUT2D eigenvalue weighted by Gasteiger charge is 2.26. The van der Waals surface area contributed by atoms with Crippen LogP contribution in [0.15, 0.2) is 54.6 Å². The van der Waals surface area contributed by atoms with E-state index in [-0.39, 0.29) is 5.78 Å². The Morgan fingerprint density at radius 1 is 0.920 bits per heavy atom. The van der Waals surface area contributed by atoms with E-state index in [0.717, 1.165) is 11.1 Å². The summed E-state index contributed by atoms with van der Waals surface area (Å²) < 4.78 is 0. The second-order valence-corrected chi connectivity index (χ2v) is 8.03. The molecule has 2 unspecified atom stereocenters. The van der Waals surface area contributed by atoms with Gasteiger partial charge >= 0.3 is 0 Å². The molecule has 0 bridgehead atoms. The van der Waals surface area contributed by atoms with Gasteiger partial charge in [0, 0.05) is 11.1 Å². The predicted octanol–water partition coefficient (Wildman–Crippen LogP) is 6.87. The van der Waals surface area contributed by atoms with Crippen LogP contribution in [0.5, 0.6) is 0 Å². The van der Waals surface area contributed by atoms with E-state index in [9.17, 15) is 4.79 Å². The van der Waals surface area contributed by atoms with Gasteiger partial charge in [-0.2, -0.15) is 0 Å². The van der Waals surface area contributed by atoms with Crippen LogP contribution in [-0.4, -0.2) is 5.78 Å². The second-order valence-electron chi connectivity index (χ2n) is 8.03. The van der Waals surface area contributed by atoms with Crippen LogP contribution in [0.4, 0.5) is 0 Å². The molecule has 2 atom stereocenters. The van der Waals surface area contributed by atoms with Gasteiger partial charge in [-0.3, -0.25) is 4.79 Å². The van der Waals surface area contributed by atoms with Gasteiger partial charge in [-0.15, -0.1) is 0 Å². The maximum absolute atomic E-state index is 12.6. The molecular formula is C24H32O. The fourth-order valence-electron chi connectivity index (χ4n) is 3.31. The van der Waals surface area contributed by atoms with Crippen molar-refractivity contribution in [1.82, 2.24) is 0 Å². The molecule has 0 aromatic heterocycles. The summed E-state index contributed by atoms with van der Waals surface area (Å²) in [6, 6.07) is 17.8. The lowest BCUT2D eigenvalue weighted by atomic mass is 9.73. The summed E-state index contributed by atoms with van der Waals surface area (Å²) in [6.45, 7) is 11.6. The molecule has 0 aliphatic heterocycles. The van der Waals surface area contributed by atoms with Gasteiger partial charge in [-0.05, 0) is 29.2 Å². The number of hydrogen-bond donors (Lipinski definition) is 0. The van der Waals surface area contributed by atoms with Crippen LogP contribution in [0.1, 0.15) is 81.3 Å². The Hall–Kier alpha value is -1.89. The van der Waals surface area contributed by atoms with E-state index in [1.54, 1.807) is 0 Å². The van der Waals surface area contributed by atoms with E-state index in [1.807, 2.05) is 42.5 Å². The average Bonchev–Trinajstić information content (AvgIpc) is 2.66. The molecule has 134 valence electrons. The maximum Gasteiger partial charge on any atom is 0.193 e. The van der Waals surface area contributed by atoms with E-state index in [0.29, 0.717) is 17.3 Å². The minimum absolute atomic E-state index is 0.0983. The van der Waals surface area contributed by atoms with Crippen LogP contribution in [-0.2, 0) is 0 Å². The predicted molar refractivity (Wildman–Crippen MR) is 107 cm³/mol. The van der Waals surface area contributed by atoms with Crippen molar-refractivity contribution in [3.05, 3.63) is 71.3 Å². The fraction of sp³-hybridized carbons (Fsp3) is 0.458. The molecule has 2 rings (SSSR count). The fourth-order valence-corrected chi connectivity index (χ4v) is 3.31. The van der Waals surface area contributed by atoms with Crippen molar-refractivity contribution >= 4 is 5.78 Å². The van der Waals surface area contributed by atoms with Crippen LogP contribution >= 0.6 is 0 Å². The molecular weight excluding hydrogens is 304 g/mol. The first kappa shape index (κ1) is 19.4. The van der Waals surface area contributed by atoms with E-state index in [2.05, 4.69) is 46.8 Å². The first-order valence-corrected chi connectivity index (χ1v) is 9.57. The van der Waals surface area contributed by atoms with Crippen LogP contribution < -0.4 is 0 Å². The number of ketones is 1. The van der Waals surface area contributed by atoms with Crippen molar-refractivity contribution < 1.29 is 4.79 Å². The second kappa shape index (κ2) is 8.47. The van der Waals surface area contributed by atoms with Crippen molar-refractivity contribution in [2.45, 2.75) is 59.8 Å². The molecule has 0 spiro atoms. The van der Waals surface area contributed by atoms with Crippen molar-refractivity contribution in [1.29, 1.82) is 0 Å². The van der Waals surface area contributed by atoms with Crippen molar-refractivity contribution in [2.75, 3.05) is 0 Å². The summed E-state index contributed by atoms with van der Waals surface area (Å²) in [5.74, 6) is 1.28. The number of benzene rings is 2. The van der Waals surface area contributed by atoms with Gasteiger partial charge in [0.2, 0.25) is 0 Å². The standard InChI is InChI=1S/C24H32O/c1-6-18(3)22(17-24(4,5)7-2)19-13-15-21(16-14-19)23(25)20-11-9-8-10-12-20/h8-16,18,22H,6-7,17H2,1-5H3. The third-order valence-corrected chi connectivity index (χ3v) is 5.70. The Morgan fingerprint density at radius 3 is 2.00 bits per heavy atom. The molecule has 0 heterocycles. The van der Waals surface area contributed by atoms with E-state index >= 15 is 0 Å². The summed E-state index contributed by atoms with van der Waals surface area (Å²) in [7, 11) is 0. The van der Waals surface area contributed by atoms with Gasteiger partial charge in [-0.25, -0.2) is 0 Å². The zero-order valence-electron chi connectivity index (χ0n) is 16.4. The largest absolute Gasteiger partial charge is 0.289 e. The van der Waals surface area contributed by atoms with Crippen LogP contribution in [0.2, 0.25) is 0 Å². The monoisotopic (exact) mass is 336 g/mol. The number of hydrogen-bond acceptors (Lipinski definition) is 1. The highest BCUT2D eigenvalue weighted by molar-refractivity contribution is 6.08. The SMILES string of the molecule is CCC(C)C(CC(C)(C)CC)c1ccc(C(=O)c2ccccc2)cc1. The third-order valence-electron chi connectivity index (χ3n) is 5.70. The van der Waals surface area contributed by atoms with E-state index in [4.69, 9.17) is 0 Å². The molecule has 2 aromatic rings. The number of carbonyl (C=O) groups is 1. The quantitative estimate of drug-likeness (QED) is 0.480. The molecule has 1 nitrogen and oxygen atoms in total. The zero-order chi connectivity index (χ0) is 18.4. The van der Waals surface area contributed by atoms with Crippen molar-refractivity contribution in [2.24, 2.45) is 11.3 Å². The van der Waals surface area contributed by atoms with Crippen LogP contribution in [0.3, 0.4) is 0 Å². The molecule has 0 fully saturated rings. The highest BCUT2D eigenvalue weighted by Crippen LogP contribution is 2.39. The topological polar surface area (TPSA) is 17.1 Å². The Bertz CT molecular complexity index is 667. The lowest BCUT2D eigenvalue weighted by molar-refractivity contribution is 0.103. The Kier molecular flexibility index (Phi) is 6.58. The van der Waals surface area contributed by atoms with Crippen molar-refractivity contribution in [3.8, 4) is 0 Å². The lowest BCUT2D eigenvalue weighted by Crippen LogP contribution is -2.19. The first-order valence-electron chi connectivity index (χ1n) is 9.57. The average molecular weight is 337 g/mol.